The molecule has 90 valence electrons. The van der Waals surface area contributed by atoms with Crippen molar-refractivity contribution in [3.8, 4) is 6.07 Å². The number of alkyl halides is 2. The number of aromatic nitrogens is 1. The van der Waals surface area contributed by atoms with Crippen LogP contribution >= 0.6 is 0 Å². The molecule has 0 aliphatic rings. The summed E-state index contributed by atoms with van der Waals surface area (Å²) in [6.45, 7) is 1.57. The van der Waals surface area contributed by atoms with Gasteiger partial charge in [0.25, 0.3) is 12.0 Å². The van der Waals surface area contributed by atoms with Crippen molar-refractivity contribution >= 4 is 5.97 Å². The standard InChI is InChI=1S/C10H8F2N2O3/c1-2-17-10(16)6-3-5(4-13)7(8(11)12)14-9(6)15/h3,8H,2H2,1H3,(H,14,15). The second-order valence-corrected chi connectivity index (χ2v) is 2.97. The molecule has 0 saturated carbocycles. The lowest BCUT2D eigenvalue weighted by Crippen LogP contribution is -2.22. The highest BCUT2D eigenvalue weighted by atomic mass is 19.3. The molecule has 0 amide bonds. The number of aromatic amines is 1. The number of nitrogens with zero attached hydrogens (tertiary/aromatic N) is 1. The van der Waals surface area contributed by atoms with Gasteiger partial charge in [-0.3, -0.25) is 4.79 Å². The molecule has 1 N–H and O–H groups in total. The monoisotopic (exact) mass is 242 g/mol. The summed E-state index contributed by atoms with van der Waals surface area (Å²) in [4.78, 5) is 24.4. The fourth-order valence-electron chi connectivity index (χ4n) is 1.17. The van der Waals surface area contributed by atoms with Crippen LogP contribution in [0.15, 0.2) is 10.9 Å². The van der Waals surface area contributed by atoms with Crippen LogP contribution in [-0.2, 0) is 4.74 Å². The Balaban J connectivity index is 3.34. The molecule has 0 spiro atoms. The summed E-state index contributed by atoms with van der Waals surface area (Å²) in [7, 11) is 0. The molecule has 17 heavy (non-hydrogen) atoms. The number of esters is 1. The van der Waals surface area contributed by atoms with E-state index in [1.54, 1.807) is 4.98 Å². The predicted octanol–water partition coefficient (Wildman–Crippen LogP) is 1.36. The molecule has 0 unspecified atom stereocenters. The minimum Gasteiger partial charge on any atom is -0.462 e. The molecule has 0 aliphatic heterocycles. The Labute approximate surface area is 94.6 Å². The summed E-state index contributed by atoms with van der Waals surface area (Å²) in [5.74, 6) is -0.953. The van der Waals surface area contributed by atoms with E-state index >= 15 is 0 Å². The molecule has 0 aliphatic carbocycles. The zero-order valence-corrected chi connectivity index (χ0v) is 8.79. The predicted molar refractivity (Wildman–Crippen MR) is 52.7 cm³/mol. The molecule has 0 atom stereocenters. The van der Waals surface area contributed by atoms with Gasteiger partial charge in [-0.2, -0.15) is 5.26 Å². The molecule has 0 saturated heterocycles. The molecule has 1 aromatic rings. The van der Waals surface area contributed by atoms with E-state index in [1.165, 1.54) is 13.0 Å². The highest BCUT2D eigenvalue weighted by Crippen LogP contribution is 2.19. The molecule has 1 heterocycles. The van der Waals surface area contributed by atoms with Crippen LogP contribution in [0.5, 0.6) is 0 Å². The van der Waals surface area contributed by atoms with Crippen molar-refractivity contribution in [3.05, 3.63) is 33.2 Å². The Morgan fingerprint density at radius 2 is 2.29 bits per heavy atom. The molecule has 1 aromatic heterocycles. The lowest BCUT2D eigenvalue weighted by atomic mass is 10.1. The van der Waals surface area contributed by atoms with Crippen molar-refractivity contribution in [1.82, 2.24) is 4.98 Å². The van der Waals surface area contributed by atoms with Crippen molar-refractivity contribution in [1.29, 1.82) is 5.26 Å². The summed E-state index contributed by atoms with van der Waals surface area (Å²) in [5, 5.41) is 8.64. The van der Waals surface area contributed by atoms with Gasteiger partial charge in [-0.15, -0.1) is 0 Å². The molecular weight excluding hydrogens is 234 g/mol. The summed E-state index contributed by atoms with van der Waals surface area (Å²) in [5.41, 5.74) is -2.72. The van der Waals surface area contributed by atoms with Crippen molar-refractivity contribution in [2.45, 2.75) is 13.3 Å². The molecule has 0 fully saturated rings. The van der Waals surface area contributed by atoms with Crippen LogP contribution in [0.1, 0.15) is 35.0 Å². The van der Waals surface area contributed by atoms with Crippen LogP contribution in [0.2, 0.25) is 0 Å². The Morgan fingerprint density at radius 1 is 1.65 bits per heavy atom. The van der Waals surface area contributed by atoms with Crippen molar-refractivity contribution in [2.24, 2.45) is 0 Å². The van der Waals surface area contributed by atoms with Gasteiger partial charge in [0.1, 0.15) is 17.3 Å². The van der Waals surface area contributed by atoms with E-state index in [0.717, 1.165) is 6.07 Å². The summed E-state index contributed by atoms with van der Waals surface area (Å²) < 4.78 is 29.4. The van der Waals surface area contributed by atoms with Crippen molar-refractivity contribution in [3.63, 3.8) is 0 Å². The summed E-state index contributed by atoms with van der Waals surface area (Å²) in [6.07, 6.45) is -2.99. The topological polar surface area (TPSA) is 82.9 Å². The van der Waals surface area contributed by atoms with Gasteiger partial charge < -0.3 is 9.72 Å². The summed E-state index contributed by atoms with van der Waals surface area (Å²) in [6, 6.07) is 2.29. The lowest BCUT2D eigenvalue weighted by molar-refractivity contribution is 0.0523. The molecule has 1 rings (SSSR count). The van der Waals surface area contributed by atoms with Crippen LogP contribution in [0.4, 0.5) is 8.78 Å². The van der Waals surface area contributed by atoms with E-state index in [1.807, 2.05) is 0 Å². The number of nitrogens with one attached hydrogen (secondary N) is 1. The number of hydrogen-bond donors (Lipinski definition) is 1. The van der Waals surface area contributed by atoms with Gasteiger partial charge in [-0.25, -0.2) is 13.6 Å². The van der Waals surface area contributed by atoms with Crippen LogP contribution in [-0.4, -0.2) is 17.6 Å². The van der Waals surface area contributed by atoms with Crippen LogP contribution in [0, 0.1) is 11.3 Å². The van der Waals surface area contributed by atoms with Crippen LogP contribution < -0.4 is 5.56 Å². The molecular formula is C10H8F2N2O3. The van der Waals surface area contributed by atoms with E-state index < -0.39 is 34.8 Å². The quantitative estimate of drug-likeness (QED) is 0.811. The number of ether oxygens (including phenoxy) is 1. The van der Waals surface area contributed by atoms with Gasteiger partial charge >= 0.3 is 5.97 Å². The van der Waals surface area contributed by atoms with Gasteiger partial charge in [-0.05, 0) is 13.0 Å². The second kappa shape index (κ2) is 5.21. The number of nitriles is 1. The Kier molecular flexibility index (Phi) is 3.93. The fraction of sp³-hybridized carbons (Fsp3) is 0.300. The van der Waals surface area contributed by atoms with E-state index in [9.17, 15) is 18.4 Å². The van der Waals surface area contributed by atoms with Crippen LogP contribution in [0.3, 0.4) is 0 Å². The Bertz CT molecular complexity index is 531. The summed E-state index contributed by atoms with van der Waals surface area (Å²) >= 11 is 0. The maximum atomic E-state index is 12.4. The Hall–Kier alpha value is -2.23. The van der Waals surface area contributed by atoms with Gasteiger partial charge in [0.2, 0.25) is 0 Å². The normalized spacial score (nSPS) is 10.1. The van der Waals surface area contributed by atoms with E-state index in [4.69, 9.17) is 5.26 Å². The average Bonchev–Trinajstić information content (AvgIpc) is 2.28. The largest absolute Gasteiger partial charge is 0.462 e. The number of halogens is 2. The molecule has 7 heteroatoms. The highest BCUT2D eigenvalue weighted by Gasteiger charge is 2.20. The zero-order chi connectivity index (χ0) is 13.0. The van der Waals surface area contributed by atoms with E-state index in [-0.39, 0.29) is 6.61 Å². The lowest BCUT2D eigenvalue weighted by Gasteiger charge is -2.05. The zero-order valence-electron chi connectivity index (χ0n) is 8.79. The molecule has 0 aromatic carbocycles. The third kappa shape index (κ3) is 2.66. The first kappa shape index (κ1) is 12.8. The second-order valence-electron chi connectivity index (χ2n) is 2.97. The van der Waals surface area contributed by atoms with Crippen molar-refractivity contribution in [2.75, 3.05) is 6.61 Å². The third-order valence-corrected chi connectivity index (χ3v) is 1.91. The maximum absolute atomic E-state index is 12.4. The van der Waals surface area contributed by atoms with E-state index in [2.05, 4.69) is 4.74 Å². The van der Waals surface area contributed by atoms with Crippen molar-refractivity contribution < 1.29 is 18.3 Å². The number of rotatable bonds is 3. The van der Waals surface area contributed by atoms with Gasteiger partial charge in [0, 0.05) is 0 Å². The maximum Gasteiger partial charge on any atom is 0.343 e. The molecule has 0 radical (unpaired) electrons. The molecule has 0 bridgehead atoms. The number of carbonyl (C=O) groups excluding carboxylic acids is 1. The Morgan fingerprint density at radius 3 is 2.76 bits per heavy atom. The van der Waals surface area contributed by atoms with E-state index in [0.29, 0.717) is 0 Å². The first-order chi connectivity index (χ1) is 8.01. The van der Waals surface area contributed by atoms with Gasteiger partial charge in [-0.1, -0.05) is 0 Å². The third-order valence-electron chi connectivity index (χ3n) is 1.91. The molecule has 5 nitrogen and oxygen atoms in total. The first-order valence-electron chi connectivity index (χ1n) is 4.63. The van der Waals surface area contributed by atoms with Gasteiger partial charge in [0.05, 0.1) is 12.2 Å². The van der Waals surface area contributed by atoms with Gasteiger partial charge in [0.15, 0.2) is 0 Å². The smallest absolute Gasteiger partial charge is 0.343 e. The average molecular weight is 242 g/mol. The minimum atomic E-state index is -2.99. The van der Waals surface area contributed by atoms with Crippen LogP contribution in [0.25, 0.3) is 0 Å². The first-order valence-corrected chi connectivity index (χ1v) is 4.63. The number of hydrogen-bond acceptors (Lipinski definition) is 4. The SMILES string of the molecule is CCOC(=O)c1cc(C#N)c(C(F)F)[nH]c1=O. The number of carbonyl (C=O) groups is 1. The highest BCUT2D eigenvalue weighted by molar-refractivity contribution is 5.89. The number of pyridine rings is 1. The minimum absolute atomic E-state index is 0.0385. The fourth-order valence-corrected chi connectivity index (χ4v) is 1.17. The number of H-pyrrole nitrogens is 1.